The second kappa shape index (κ2) is 6.53. The Bertz CT molecular complexity index is 602. The Morgan fingerprint density at radius 2 is 2.15 bits per heavy atom. The molecule has 0 unspecified atom stereocenters. The van der Waals surface area contributed by atoms with Crippen molar-refractivity contribution in [2.24, 2.45) is 16.8 Å². The van der Waals surface area contributed by atoms with E-state index in [2.05, 4.69) is 14.6 Å². The molecule has 0 spiro atoms. The van der Waals surface area contributed by atoms with Crippen molar-refractivity contribution in [2.45, 2.75) is 13.8 Å². The highest BCUT2D eigenvalue weighted by Gasteiger charge is 2.13. The van der Waals surface area contributed by atoms with Crippen molar-refractivity contribution < 1.29 is 18.0 Å². The number of rotatable bonds is 6. The molecule has 20 heavy (non-hydrogen) atoms. The van der Waals surface area contributed by atoms with E-state index in [0.717, 1.165) is 12.1 Å². The Kier molecular flexibility index (Phi) is 5.28. The molecule has 0 radical (unpaired) electrons. The van der Waals surface area contributed by atoms with Crippen LogP contribution in [0.25, 0.3) is 0 Å². The fourth-order valence-electron chi connectivity index (χ4n) is 1.31. The maximum Gasteiger partial charge on any atom is 0.299 e. The van der Waals surface area contributed by atoms with Crippen LogP contribution < -0.4 is 15.2 Å². The number of nitrogens with zero attached hydrogens (tertiary/aromatic N) is 1. The second-order valence-corrected chi connectivity index (χ2v) is 6.03. The van der Waals surface area contributed by atoms with Crippen LogP contribution in [0.15, 0.2) is 23.4 Å². The van der Waals surface area contributed by atoms with E-state index in [1.807, 2.05) is 13.8 Å². The molecule has 0 heterocycles. The van der Waals surface area contributed by atoms with Crippen LogP contribution in [-0.2, 0) is 10.2 Å². The van der Waals surface area contributed by atoms with Gasteiger partial charge in [-0.2, -0.15) is 13.1 Å². The van der Waals surface area contributed by atoms with Crippen molar-refractivity contribution in [3.63, 3.8) is 0 Å². The van der Waals surface area contributed by atoms with Crippen molar-refractivity contribution in [1.29, 1.82) is 0 Å². The van der Waals surface area contributed by atoms with Gasteiger partial charge in [0.1, 0.15) is 5.82 Å². The first-order chi connectivity index (χ1) is 9.25. The zero-order valence-corrected chi connectivity index (χ0v) is 11.9. The number of oxime groups is 1. The fraction of sp³-hybridized carbons (Fsp3) is 0.364. The van der Waals surface area contributed by atoms with Gasteiger partial charge in [0.05, 0.1) is 11.3 Å². The first-order valence-corrected chi connectivity index (χ1v) is 7.28. The molecule has 1 rings (SSSR count). The van der Waals surface area contributed by atoms with Gasteiger partial charge in [-0.3, -0.25) is 4.72 Å². The number of benzene rings is 1. The van der Waals surface area contributed by atoms with Crippen LogP contribution in [0.2, 0.25) is 0 Å². The van der Waals surface area contributed by atoms with Crippen LogP contribution in [0.3, 0.4) is 0 Å². The molecule has 0 aromatic heterocycles. The summed E-state index contributed by atoms with van der Waals surface area (Å²) >= 11 is 0. The Morgan fingerprint density at radius 3 is 2.70 bits per heavy atom. The lowest BCUT2D eigenvalue weighted by Gasteiger charge is -2.12. The minimum absolute atomic E-state index is 0.101. The Hall–Kier alpha value is -1.87. The average Bonchev–Trinajstić information content (AvgIpc) is 2.37. The molecule has 1 aromatic rings. The predicted octanol–water partition coefficient (Wildman–Crippen LogP) is 0.822. The summed E-state index contributed by atoms with van der Waals surface area (Å²) in [5.41, 5.74) is 5.20. The second-order valence-electron chi connectivity index (χ2n) is 4.53. The normalized spacial score (nSPS) is 12.7. The van der Waals surface area contributed by atoms with Crippen molar-refractivity contribution in [2.75, 3.05) is 11.3 Å². The van der Waals surface area contributed by atoms with E-state index in [0.29, 0.717) is 0 Å². The summed E-state index contributed by atoms with van der Waals surface area (Å²) in [6.07, 6.45) is 0. The molecule has 0 fully saturated rings. The van der Waals surface area contributed by atoms with Crippen LogP contribution in [-0.4, -0.2) is 26.0 Å². The lowest BCUT2D eigenvalue weighted by atomic mass is 10.2. The van der Waals surface area contributed by atoms with E-state index < -0.39 is 21.9 Å². The molecular weight excluding hydrogens is 287 g/mol. The average molecular weight is 304 g/mol. The van der Waals surface area contributed by atoms with E-state index in [1.54, 1.807) is 0 Å². The van der Waals surface area contributed by atoms with Crippen LogP contribution in [0.5, 0.6) is 0 Å². The highest BCUT2D eigenvalue weighted by Crippen LogP contribution is 2.15. The van der Waals surface area contributed by atoms with Crippen LogP contribution in [0, 0.1) is 11.7 Å². The largest absolute Gasteiger partial charge is 0.409 e. The van der Waals surface area contributed by atoms with Crippen LogP contribution in [0.1, 0.15) is 19.4 Å². The molecule has 0 atom stereocenters. The van der Waals surface area contributed by atoms with E-state index in [4.69, 9.17) is 10.9 Å². The van der Waals surface area contributed by atoms with Gasteiger partial charge in [-0.1, -0.05) is 19.0 Å². The number of nitrogens with one attached hydrogen (secondary N) is 2. The van der Waals surface area contributed by atoms with Gasteiger partial charge in [-0.05, 0) is 24.1 Å². The third-order valence-electron chi connectivity index (χ3n) is 2.28. The highest BCUT2D eigenvalue weighted by molar-refractivity contribution is 7.90. The van der Waals surface area contributed by atoms with Gasteiger partial charge < -0.3 is 10.9 Å². The maximum absolute atomic E-state index is 13.4. The van der Waals surface area contributed by atoms with Crippen molar-refractivity contribution in [1.82, 2.24) is 4.72 Å². The Labute approximate surface area is 116 Å². The number of halogens is 1. The van der Waals surface area contributed by atoms with E-state index in [1.165, 1.54) is 6.07 Å². The lowest BCUT2D eigenvalue weighted by Crippen LogP contribution is -2.33. The van der Waals surface area contributed by atoms with Crippen molar-refractivity contribution in [3.8, 4) is 0 Å². The van der Waals surface area contributed by atoms with Gasteiger partial charge in [0.15, 0.2) is 5.84 Å². The van der Waals surface area contributed by atoms with E-state index >= 15 is 0 Å². The van der Waals surface area contributed by atoms with Gasteiger partial charge in [0, 0.05) is 6.54 Å². The molecule has 0 saturated heterocycles. The van der Waals surface area contributed by atoms with Crippen molar-refractivity contribution >= 4 is 21.7 Å². The van der Waals surface area contributed by atoms with Gasteiger partial charge in [-0.25, -0.2) is 4.39 Å². The number of anilines is 1. The monoisotopic (exact) mass is 304 g/mol. The Balaban J connectivity index is 2.94. The molecule has 5 N–H and O–H groups in total. The Morgan fingerprint density at radius 1 is 1.50 bits per heavy atom. The van der Waals surface area contributed by atoms with Crippen molar-refractivity contribution in [3.05, 3.63) is 29.6 Å². The standard InChI is InChI=1S/C11H17FN4O3S/c1-7(2)6-14-20(18,19)16-8-3-4-10(12)9(5-8)11(13)15-17/h3-5,7,14,16-17H,6H2,1-2H3,(H2,13,15). The summed E-state index contributed by atoms with van der Waals surface area (Å²) in [7, 11) is -3.76. The zero-order chi connectivity index (χ0) is 15.3. The molecular formula is C11H17FN4O3S. The smallest absolute Gasteiger partial charge is 0.299 e. The summed E-state index contributed by atoms with van der Waals surface area (Å²) in [5, 5.41) is 11.2. The molecule has 112 valence electrons. The lowest BCUT2D eigenvalue weighted by molar-refractivity contribution is 0.318. The quantitative estimate of drug-likeness (QED) is 0.269. The first-order valence-electron chi connectivity index (χ1n) is 5.80. The number of amidine groups is 1. The molecule has 7 nitrogen and oxygen atoms in total. The molecule has 0 aliphatic carbocycles. The third kappa shape index (κ3) is 4.67. The van der Waals surface area contributed by atoms with Crippen LogP contribution >= 0.6 is 0 Å². The van der Waals surface area contributed by atoms with Gasteiger partial charge in [-0.15, -0.1) is 0 Å². The number of nitrogens with two attached hydrogens (primary N) is 1. The molecule has 1 aromatic carbocycles. The summed E-state index contributed by atoms with van der Waals surface area (Å²) in [4.78, 5) is 0. The molecule has 0 saturated carbocycles. The van der Waals surface area contributed by atoms with E-state index in [-0.39, 0.29) is 23.7 Å². The SMILES string of the molecule is CC(C)CNS(=O)(=O)Nc1ccc(F)c(/C(N)=N/O)c1. The maximum atomic E-state index is 13.4. The molecule has 0 amide bonds. The van der Waals surface area contributed by atoms with E-state index in [9.17, 15) is 12.8 Å². The summed E-state index contributed by atoms with van der Waals surface area (Å²) < 4.78 is 41.4. The summed E-state index contributed by atoms with van der Waals surface area (Å²) in [6, 6.07) is 3.39. The predicted molar refractivity (Wildman–Crippen MR) is 74.3 cm³/mol. The first kappa shape index (κ1) is 16.2. The topological polar surface area (TPSA) is 117 Å². The molecule has 0 aliphatic rings. The van der Waals surface area contributed by atoms with Crippen LogP contribution in [0.4, 0.5) is 10.1 Å². The van der Waals surface area contributed by atoms with Gasteiger partial charge >= 0.3 is 0 Å². The molecule has 0 aliphatic heterocycles. The summed E-state index contributed by atoms with van der Waals surface area (Å²) in [5.74, 6) is -1.02. The number of hydrogen-bond donors (Lipinski definition) is 4. The minimum atomic E-state index is -3.76. The fourth-order valence-corrected chi connectivity index (χ4v) is 2.37. The van der Waals surface area contributed by atoms with Gasteiger partial charge in [0.25, 0.3) is 10.2 Å². The summed E-state index contributed by atoms with van der Waals surface area (Å²) in [6.45, 7) is 3.98. The molecule has 9 heteroatoms. The number of hydrogen-bond acceptors (Lipinski definition) is 4. The highest BCUT2D eigenvalue weighted by atomic mass is 32.2. The minimum Gasteiger partial charge on any atom is -0.409 e. The molecule has 0 bridgehead atoms. The van der Waals surface area contributed by atoms with Gasteiger partial charge in [0.2, 0.25) is 0 Å². The zero-order valence-electron chi connectivity index (χ0n) is 11.1. The third-order valence-corrected chi connectivity index (χ3v) is 3.34.